The zero-order chi connectivity index (χ0) is 27.0. The zero-order valence-electron chi connectivity index (χ0n) is 21.6. The molecule has 1 aromatic heterocycles. The Morgan fingerprint density at radius 1 is 0.947 bits per heavy atom. The number of aryl methyl sites for hydroxylation is 2. The van der Waals surface area contributed by atoms with E-state index < -0.39 is 17.3 Å². The molecule has 1 aliphatic rings. The van der Waals surface area contributed by atoms with Crippen molar-refractivity contribution in [3.05, 3.63) is 82.0 Å². The SMILES string of the molecule is COc1ccc(-c2oc3cc(C)cc(C)c3c(=O)c2OC(=O)C2CC(=O)N(c3ccccc3)C2)cc1OC. The van der Waals surface area contributed by atoms with Gasteiger partial charge in [-0.05, 0) is 61.4 Å². The molecule has 8 heteroatoms. The first-order valence-electron chi connectivity index (χ1n) is 12.2. The lowest BCUT2D eigenvalue weighted by Crippen LogP contribution is -2.28. The molecule has 38 heavy (non-hydrogen) atoms. The molecule has 194 valence electrons. The largest absolute Gasteiger partial charge is 0.493 e. The summed E-state index contributed by atoms with van der Waals surface area (Å²) in [6.07, 6.45) is -0.0173. The molecule has 0 bridgehead atoms. The lowest BCUT2D eigenvalue weighted by Gasteiger charge is -2.17. The van der Waals surface area contributed by atoms with Crippen LogP contribution in [0.1, 0.15) is 17.5 Å². The van der Waals surface area contributed by atoms with Crippen molar-refractivity contribution in [2.45, 2.75) is 20.3 Å². The Hall–Kier alpha value is -4.59. The number of rotatable bonds is 6. The van der Waals surface area contributed by atoms with Crippen LogP contribution in [-0.4, -0.2) is 32.6 Å². The minimum atomic E-state index is -0.741. The molecular formula is C30H27NO7. The van der Waals surface area contributed by atoms with Crippen LogP contribution in [0.25, 0.3) is 22.3 Å². The number of anilines is 1. The van der Waals surface area contributed by atoms with Crippen LogP contribution in [0, 0.1) is 19.8 Å². The first kappa shape index (κ1) is 25.1. The molecule has 0 radical (unpaired) electrons. The number of para-hydroxylation sites is 1. The molecule has 1 unspecified atom stereocenters. The Morgan fingerprint density at radius 3 is 2.39 bits per heavy atom. The lowest BCUT2D eigenvalue weighted by molar-refractivity contribution is -0.139. The second-order valence-electron chi connectivity index (χ2n) is 9.28. The highest BCUT2D eigenvalue weighted by Gasteiger charge is 2.37. The van der Waals surface area contributed by atoms with E-state index in [1.54, 1.807) is 36.1 Å². The van der Waals surface area contributed by atoms with Crippen LogP contribution in [0.15, 0.2) is 69.9 Å². The first-order chi connectivity index (χ1) is 18.3. The first-order valence-corrected chi connectivity index (χ1v) is 12.2. The third kappa shape index (κ3) is 4.49. The molecule has 0 aliphatic carbocycles. The normalized spacial score (nSPS) is 15.1. The molecule has 1 atom stereocenters. The molecule has 0 spiro atoms. The fourth-order valence-corrected chi connectivity index (χ4v) is 4.84. The maximum absolute atomic E-state index is 13.8. The Labute approximate surface area is 219 Å². The van der Waals surface area contributed by atoms with E-state index in [0.29, 0.717) is 39.3 Å². The van der Waals surface area contributed by atoms with E-state index in [9.17, 15) is 14.4 Å². The number of carbonyl (C=O) groups excluding carboxylic acids is 2. The van der Waals surface area contributed by atoms with Crippen molar-refractivity contribution in [3.63, 3.8) is 0 Å². The van der Waals surface area contributed by atoms with Crippen molar-refractivity contribution in [1.82, 2.24) is 0 Å². The minimum absolute atomic E-state index is 0.0173. The van der Waals surface area contributed by atoms with Crippen molar-refractivity contribution < 1.29 is 28.2 Å². The maximum Gasteiger partial charge on any atom is 0.316 e. The highest BCUT2D eigenvalue weighted by atomic mass is 16.5. The van der Waals surface area contributed by atoms with E-state index in [1.165, 1.54) is 14.2 Å². The van der Waals surface area contributed by atoms with Crippen LogP contribution in [0.5, 0.6) is 17.2 Å². The van der Waals surface area contributed by atoms with Gasteiger partial charge in [-0.15, -0.1) is 0 Å². The van der Waals surface area contributed by atoms with Crippen LogP contribution >= 0.6 is 0 Å². The van der Waals surface area contributed by atoms with Gasteiger partial charge in [0.2, 0.25) is 17.1 Å². The molecule has 1 fully saturated rings. The topological polar surface area (TPSA) is 95.3 Å². The van der Waals surface area contributed by atoms with Gasteiger partial charge >= 0.3 is 5.97 Å². The number of esters is 1. The number of nitrogens with zero attached hydrogens (tertiary/aromatic N) is 1. The molecule has 1 amide bonds. The summed E-state index contributed by atoms with van der Waals surface area (Å²) < 4.78 is 22.8. The lowest BCUT2D eigenvalue weighted by atomic mass is 10.0. The average Bonchev–Trinajstić information content (AvgIpc) is 3.31. The minimum Gasteiger partial charge on any atom is -0.493 e. The van der Waals surface area contributed by atoms with Crippen molar-refractivity contribution in [1.29, 1.82) is 0 Å². The van der Waals surface area contributed by atoms with E-state index in [1.807, 2.05) is 43.3 Å². The van der Waals surface area contributed by atoms with Gasteiger partial charge in [0.05, 0.1) is 25.5 Å². The molecule has 2 heterocycles. The molecular weight excluding hydrogens is 486 g/mol. The zero-order valence-corrected chi connectivity index (χ0v) is 21.6. The highest BCUT2D eigenvalue weighted by molar-refractivity contribution is 6.00. The summed E-state index contributed by atoms with van der Waals surface area (Å²) in [4.78, 5) is 41.4. The number of hydrogen-bond donors (Lipinski definition) is 0. The van der Waals surface area contributed by atoms with Crippen molar-refractivity contribution in [3.8, 4) is 28.6 Å². The van der Waals surface area contributed by atoms with Crippen molar-refractivity contribution in [2.75, 3.05) is 25.7 Å². The van der Waals surface area contributed by atoms with E-state index >= 15 is 0 Å². The number of hydrogen-bond acceptors (Lipinski definition) is 7. The quantitative estimate of drug-likeness (QED) is 0.333. The van der Waals surface area contributed by atoms with Crippen LogP contribution < -0.4 is 24.5 Å². The van der Waals surface area contributed by atoms with E-state index in [0.717, 1.165) is 5.56 Å². The van der Waals surface area contributed by atoms with E-state index in [4.69, 9.17) is 18.6 Å². The average molecular weight is 514 g/mol. The van der Waals surface area contributed by atoms with Gasteiger partial charge in [-0.25, -0.2) is 0 Å². The van der Waals surface area contributed by atoms with Gasteiger partial charge in [0.15, 0.2) is 17.3 Å². The fraction of sp³-hybridized carbons (Fsp3) is 0.233. The number of carbonyl (C=O) groups is 2. The third-order valence-corrected chi connectivity index (χ3v) is 6.67. The van der Waals surface area contributed by atoms with E-state index in [2.05, 4.69) is 0 Å². The van der Waals surface area contributed by atoms with Gasteiger partial charge in [0.1, 0.15) is 5.58 Å². The van der Waals surface area contributed by atoms with Crippen LogP contribution in [0.4, 0.5) is 5.69 Å². The van der Waals surface area contributed by atoms with Gasteiger partial charge in [-0.3, -0.25) is 14.4 Å². The van der Waals surface area contributed by atoms with Gasteiger partial charge in [0.25, 0.3) is 0 Å². The Bertz CT molecular complexity index is 1610. The summed E-state index contributed by atoms with van der Waals surface area (Å²) in [7, 11) is 3.02. The van der Waals surface area contributed by atoms with Crippen LogP contribution in [0.2, 0.25) is 0 Å². The highest BCUT2D eigenvalue weighted by Crippen LogP contribution is 2.38. The Morgan fingerprint density at radius 2 is 1.68 bits per heavy atom. The van der Waals surface area contributed by atoms with Crippen LogP contribution in [-0.2, 0) is 9.59 Å². The van der Waals surface area contributed by atoms with Gasteiger partial charge in [-0.1, -0.05) is 24.3 Å². The summed E-state index contributed by atoms with van der Waals surface area (Å²) in [5, 5.41) is 0.330. The summed E-state index contributed by atoms with van der Waals surface area (Å²) in [5.74, 6) is -0.820. The molecule has 5 rings (SSSR count). The molecule has 8 nitrogen and oxygen atoms in total. The predicted molar refractivity (Wildman–Crippen MR) is 143 cm³/mol. The number of amides is 1. The number of methoxy groups -OCH3 is 2. The standard InChI is InChI=1S/C30H27NO7/c1-17-12-18(2)26-24(13-17)37-28(19-10-11-22(35-3)23(14-19)36-4)29(27(26)33)38-30(34)20-15-25(32)31(16-20)21-8-6-5-7-9-21/h5-14,20H,15-16H2,1-4H3. The molecule has 1 aliphatic heterocycles. The fourth-order valence-electron chi connectivity index (χ4n) is 4.84. The van der Waals surface area contributed by atoms with E-state index in [-0.39, 0.29) is 30.4 Å². The maximum atomic E-state index is 13.8. The third-order valence-electron chi connectivity index (χ3n) is 6.67. The monoisotopic (exact) mass is 513 g/mol. The molecule has 3 aromatic carbocycles. The van der Waals surface area contributed by atoms with Gasteiger partial charge < -0.3 is 23.5 Å². The van der Waals surface area contributed by atoms with Gasteiger partial charge in [0, 0.05) is 24.2 Å². The number of benzene rings is 3. The van der Waals surface area contributed by atoms with Crippen molar-refractivity contribution in [2.24, 2.45) is 5.92 Å². The second kappa shape index (κ2) is 10.0. The smallest absolute Gasteiger partial charge is 0.316 e. The summed E-state index contributed by atoms with van der Waals surface area (Å²) in [6, 6.07) is 17.8. The number of fused-ring (bicyclic) bond motifs is 1. The summed E-state index contributed by atoms with van der Waals surface area (Å²) in [6.45, 7) is 3.87. The molecule has 1 saturated heterocycles. The van der Waals surface area contributed by atoms with Crippen LogP contribution in [0.3, 0.4) is 0 Å². The summed E-state index contributed by atoms with van der Waals surface area (Å²) in [5.41, 5.74) is 2.71. The molecule has 4 aromatic rings. The molecule has 0 saturated carbocycles. The van der Waals surface area contributed by atoms with Crippen molar-refractivity contribution >= 4 is 28.5 Å². The summed E-state index contributed by atoms with van der Waals surface area (Å²) >= 11 is 0. The second-order valence-corrected chi connectivity index (χ2v) is 9.28. The molecule has 0 N–H and O–H groups in total. The Balaban J connectivity index is 1.58. The van der Waals surface area contributed by atoms with Gasteiger partial charge in [-0.2, -0.15) is 0 Å². The Kier molecular flexibility index (Phi) is 6.63. The number of ether oxygens (including phenoxy) is 3. The predicted octanol–water partition coefficient (Wildman–Crippen LogP) is 5.05.